The zero-order valence-electron chi connectivity index (χ0n) is 9.59. The highest BCUT2D eigenvalue weighted by atomic mass is 35.5. The predicted octanol–water partition coefficient (Wildman–Crippen LogP) is 3.24. The Morgan fingerprint density at radius 2 is 2.11 bits per heavy atom. The van der Waals surface area contributed by atoms with Gasteiger partial charge in [-0.2, -0.15) is 8.78 Å². The van der Waals surface area contributed by atoms with E-state index in [0.29, 0.717) is 0 Å². The molecule has 0 bridgehead atoms. The summed E-state index contributed by atoms with van der Waals surface area (Å²) in [5.41, 5.74) is 5.01. The second-order valence-electron chi connectivity index (χ2n) is 3.45. The smallest absolute Gasteiger partial charge is 0.379 e. The second-order valence-corrected chi connectivity index (χ2v) is 4.59. The largest absolute Gasteiger partial charge is 0.462 e. The molecule has 0 aliphatic rings. The average Bonchev–Trinajstić information content (AvgIpc) is 2.34. The van der Waals surface area contributed by atoms with Crippen LogP contribution >= 0.6 is 34.8 Å². The van der Waals surface area contributed by atoms with Gasteiger partial charge in [-0.25, -0.2) is 9.78 Å². The van der Waals surface area contributed by atoms with E-state index in [2.05, 4.69) is 9.72 Å². The van der Waals surface area contributed by atoms with Crippen molar-refractivity contribution in [2.45, 2.75) is 18.9 Å². The highest BCUT2D eigenvalue weighted by molar-refractivity contribution is 6.43. The number of pyridine rings is 1. The van der Waals surface area contributed by atoms with Gasteiger partial charge in [-0.05, 0) is 6.92 Å². The average molecular weight is 334 g/mol. The third kappa shape index (κ3) is 3.25. The van der Waals surface area contributed by atoms with Gasteiger partial charge in [-0.15, -0.1) is 0 Å². The lowest BCUT2D eigenvalue weighted by atomic mass is 10.0. The summed E-state index contributed by atoms with van der Waals surface area (Å²) < 4.78 is 31.8. The van der Waals surface area contributed by atoms with Crippen LogP contribution in [0.2, 0.25) is 15.2 Å². The molecule has 0 unspecified atom stereocenters. The topological polar surface area (TPSA) is 65.2 Å². The van der Waals surface area contributed by atoms with Crippen molar-refractivity contribution in [3.63, 3.8) is 0 Å². The Labute approximate surface area is 122 Å². The van der Waals surface area contributed by atoms with Gasteiger partial charge in [0.05, 0.1) is 16.7 Å². The number of carbonyl (C=O) groups excluding carboxylic acids is 1. The van der Waals surface area contributed by atoms with Crippen LogP contribution in [0.15, 0.2) is 6.20 Å². The zero-order valence-corrected chi connectivity index (χ0v) is 11.9. The van der Waals surface area contributed by atoms with Crippen LogP contribution in [0, 0.1) is 0 Å². The summed E-state index contributed by atoms with van der Waals surface area (Å²) in [5, 5.41) is -0.785. The molecule has 0 aliphatic carbocycles. The number of carbonyl (C=O) groups is 1. The number of nitrogens with zero attached hydrogens (tertiary/aromatic N) is 1. The molecule has 9 heteroatoms. The monoisotopic (exact) mass is 332 g/mol. The minimum Gasteiger partial charge on any atom is -0.462 e. The molecule has 0 aliphatic heterocycles. The number of nitrogens with two attached hydrogens (primary N) is 1. The molecule has 106 valence electrons. The first kappa shape index (κ1) is 16.4. The molecule has 4 nitrogen and oxygen atoms in total. The van der Waals surface area contributed by atoms with Gasteiger partial charge >= 0.3 is 11.9 Å². The zero-order chi connectivity index (χ0) is 14.8. The van der Waals surface area contributed by atoms with E-state index in [-0.39, 0.29) is 27.4 Å². The molecule has 1 rings (SSSR count). The molecule has 1 aromatic heterocycles. The Kier molecular flexibility index (Phi) is 5.32. The fraction of sp³-hybridized carbons (Fsp3) is 0.400. The summed E-state index contributed by atoms with van der Waals surface area (Å²) in [4.78, 5) is 14.8. The minimum absolute atomic E-state index is 0.209. The molecule has 0 fully saturated rings. The van der Waals surface area contributed by atoms with E-state index in [0.717, 1.165) is 6.20 Å². The number of halogens is 5. The third-order valence-corrected chi connectivity index (χ3v) is 3.28. The first-order valence-electron chi connectivity index (χ1n) is 5.03. The lowest BCUT2D eigenvalue weighted by Gasteiger charge is -2.23. The van der Waals surface area contributed by atoms with Crippen LogP contribution in [0.25, 0.3) is 0 Å². The summed E-state index contributed by atoms with van der Waals surface area (Å²) in [6.07, 6.45) is 1.02. The number of ether oxygens (including phenoxy) is 1. The van der Waals surface area contributed by atoms with Crippen LogP contribution < -0.4 is 5.73 Å². The summed E-state index contributed by atoms with van der Waals surface area (Å²) >= 11 is 17.1. The van der Waals surface area contributed by atoms with Gasteiger partial charge < -0.3 is 10.5 Å². The van der Waals surface area contributed by atoms with Gasteiger partial charge in [0, 0.05) is 11.8 Å². The molecule has 1 aromatic rings. The molecular weight excluding hydrogens is 324 g/mol. The van der Waals surface area contributed by atoms with Crippen molar-refractivity contribution in [2.75, 3.05) is 6.61 Å². The van der Waals surface area contributed by atoms with E-state index < -0.39 is 17.9 Å². The maximum atomic E-state index is 13.8. The summed E-state index contributed by atoms with van der Waals surface area (Å²) in [5.74, 6) is -5.75. The third-order valence-electron chi connectivity index (χ3n) is 2.22. The first-order chi connectivity index (χ1) is 8.73. The molecule has 0 aromatic carbocycles. The summed E-state index contributed by atoms with van der Waals surface area (Å²) in [7, 11) is 0. The van der Waals surface area contributed by atoms with Crippen LogP contribution in [-0.4, -0.2) is 23.5 Å². The van der Waals surface area contributed by atoms with Crippen LogP contribution in [0.5, 0.6) is 0 Å². The molecule has 1 heterocycles. The van der Waals surface area contributed by atoms with Crippen LogP contribution in [0.1, 0.15) is 18.5 Å². The van der Waals surface area contributed by atoms with Crippen molar-refractivity contribution >= 4 is 40.8 Å². The molecule has 0 saturated heterocycles. The van der Waals surface area contributed by atoms with E-state index in [1.165, 1.54) is 6.92 Å². The Morgan fingerprint density at radius 1 is 1.53 bits per heavy atom. The van der Waals surface area contributed by atoms with E-state index in [4.69, 9.17) is 40.5 Å². The molecule has 2 N–H and O–H groups in total. The van der Waals surface area contributed by atoms with Gasteiger partial charge in [-0.3, -0.25) is 0 Å². The predicted molar refractivity (Wildman–Crippen MR) is 67.8 cm³/mol. The normalized spacial score (nSPS) is 13.2. The number of hydrogen-bond donors (Lipinski definition) is 1. The van der Waals surface area contributed by atoms with Gasteiger partial charge in [0.1, 0.15) is 11.2 Å². The number of esters is 1. The Balaban J connectivity index is 3.23. The number of rotatable bonds is 4. The van der Waals surface area contributed by atoms with Gasteiger partial charge in [-0.1, -0.05) is 34.8 Å². The highest BCUT2D eigenvalue weighted by Crippen LogP contribution is 2.40. The van der Waals surface area contributed by atoms with Gasteiger partial charge in [0.2, 0.25) is 0 Å². The lowest BCUT2D eigenvalue weighted by Crippen LogP contribution is -2.42. The van der Waals surface area contributed by atoms with Crippen molar-refractivity contribution < 1.29 is 18.3 Å². The van der Waals surface area contributed by atoms with E-state index >= 15 is 0 Å². The number of aromatic nitrogens is 1. The molecule has 0 spiro atoms. The van der Waals surface area contributed by atoms with Crippen molar-refractivity contribution in [1.82, 2.24) is 4.98 Å². The van der Waals surface area contributed by atoms with Gasteiger partial charge in [0.15, 0.2) is 0 Å². The Morgan fingerprint density at radius 3 is 2.63 bits per heavy atom. The quantitative estimate of drug-likeness (QED) is 0.678. The van der Waals surface area contributed by atoms with E-state index in [1.54, 1.807) is 0 Å². The van der Waals surface area contributed by atoms with Crippen LogP contribution in [-0.2, 0) is 9.53 Å². The number of alkyl halides is 2. The SMILES string of the molecule is CCOC(=O)C(F)(F)[C@H](N)c1c(Cl)cnc(Cl)c1Cl. The van der Waals surface area contributed by atoms with E-state index in [1.807, 2.05) is 0 Å². The molecule has 1 atom stereocenters. The van der Waals surface area contributed by atoms with Crippen molar-refractivity contribution in [3.8, 4) is 0 Å². The first-order valence-corrected chi connectivity index (χ1v) is 6.16. The lowest BCUT2D eigenvalue weighted by molar-refractivity contribution is -0.174. The van der Waals surface area contributed by atoms with Crippen molar-refractivity contribution in [1.29, 1.82) is 0 Å². The molecule has 19 heavy (non-hydrogen) atoms. The van der Waals surface area contributed by atoms with E-state index in [9.17, 15) is 13.6 Å². The standard InChI is InChI=1S/C10H9Cl3F2N2O2/c1-2-19-9(18)10(14,15)7(16)5-4(11)3-17-8(13)6(5)12/h3,7H,2,16H2,1H3/t7-/m1/s1. The molecular formula is C10H9Cl3F2N2O2. The minimum atomic E-state index is -3.99. The molecule has 0 saturated carbocycles. The maximum Gasteiger partial charge on any atom is 0.379 e. The van der Waals surface area contributed by atoms with Crippen molar-refractivity contribution in [3.05, 3.63) is 27.0 Å². The fourth-order valence-electron chi connectivity index (χ4n) is 1.28. The summed E-state index contributed by atoms with van der Waals surface area (Å²) in [6.45, 7) is 1.18. The Bertz CT molecular complexity index is 500. The maximum absolute atomic E-state index is 13.8. The summed E-state index contributed by atoms with van der Waals surface area (Å²) in [6, 6.07) is -2.09. The molecule has 0 amide bonds. The van der Waals surface area contributed by atoms with Crippen molar-refractivity contribution in [2.24, 2.45) is 5.73 Å². The highest BCUT2D eigenvalue weighted by Gasteiger charge is 2.49. The number of hydrogen-bond acceptors (Lipinski definition) is 4. The Hall–Kier alpha value is -0.690. The second kappa shape index (κ2) is 6.17. The van der Waals surface area contributed by atoms with Crippen LogP contribution in [0.3, 0.4) is 0 Å². The molecule has 0 radical (unpaired) electrons. The van der Waals surface area contributed by atoms with Gasteiger partial charge in [0.25, 0.3) is 0 Å². The van der Waals surface area contributed by atoms with Crippen LogP contribution in [0.4, 0.5) is 8.78 Å². The fourth-order valence-corrected chi connectivity index (χ4v) is 2.00.